The smallest absolute Gasteiger partial charge is 0.337 e. The van der Waals surface area contributed by atoms with Crippen molar-refractivity contribution in [3.8, 4) is 22.6 Å². The average molecular weight is 535 g/mol. The summed E-state index contributed by atoms with van der Waals surface area (Å²) in [4.78, 5) is 37.5. The molecule has 0 fully saturated rings. The van der Waals surface area contributed by atoms with E-state index in [0.29, 0.717) is 22.4 Å². The number of nitrogens with zero attached hydrogens (tertiary/aromatic N) is 6. The van der Waals surface area contributed by atoms with Gasteiger partial charge in [0.05, 0.1) is 45.4 Å². The minimum absolute atomic E-state index is 0.0173. The van der Waals surface area contributed by atoms with Gasteiger partial charge in [-0.25, -0.2) is 19.7 Å². The van der Waals surface area contributed by atoms with Crippen LogP contribution < -0.4 is 0 Å². The van der Waals surface area contributed by atoms with Crippen LogP contribution >= 0.6 is 0 Å². The molecule has 6 aromatic rings. The molecule has 0 N–H and O–H groups in total. The average Bonchev–Trinajstić information content (AvgIpc) is 3.54. The number of aryl methyl sites for hydroxylation is 2. The second-order valence-corrected chi connectivity index (χ2v) is 9.68. The number of hydrogen-bond acceptors (Lipinski definition) is 7. The van der Waals surface area contributed by atoms with Crippen molar-refractivity contribution >= 4 is 39.4 Å². The monoisotopic (exact) mass is 534 g/mol. The van der Waals surface area contributed by atoms with E-state index < -0.39 is 10.9 Å². The predicted molar refractivity (Wildman–Crippen MR) is 152 cm³/mol. The molecule has 0 unspecified atom stereocenters. The molecule has 0 radical (unpaired) electrons. The first kappa shape index (κ1) is 25.2. The van der Waals surface area contributed by atoms with Crippen LogP contribution in [-0.2, 0) is 11.3 Å². The summed E-state index contributed by atoms with van der Waals surface area (Å²) in [7, 11) is 1.36. The molecule has 3 heterocycles. The summed E-state index contributed by atoms with van der Waals surface area (Å²) in [6.45, 7) is 4.84. The lowest BCUT2D eigenvalue weighted by molar-refractivity contribution is -0.384. The maximum absolute atomic E-state index is 12.1. The van der Waals surface area contributed by atoms with E-state index in [1.54, 1.807) is 24.3 Å². The number of carbonyl (C=O) groups is 1. The second kappa shape index (κ2) is 9.88. The molecular formula is C30H26N6O4. The van der Waals surface area contributed by atoms with Gasteiger partial charge in [-0.15, -0.1) is 0 Å². The summed E-state index contributed by atoms with van der Waals surface area (Å²) >= 11 is 0. The molecule has 10 nitrogen and oxygen atoms in total. The van der Waals surface area contributed by atoms with E-state index in [0.717, 1.165) is 58.6 Å². The van der Waals surface area contributed by atoms with Crippen LogP contribution in [0.1, 0.15) is 35.8 Å². The number of non-ortho nitro benzene ring substituents is 1. The Kier molecular flexibility index (Phi) is 6.22. The second-order valence-electron chi connectivity index (χ2n) is 9.68. The summed E-state index contributed by atoms with van der Waals surface area (Å²) in [6.07, 6.45) is 3.95. The summed E-state index contributed by atoms with van der Waals surface area (Å²) in [5, 5.41) is 11.2. The molecule has 0 saturated heterocycles. The number of aromatic nitrogens is 5. The number of imidazole rings is 2. The molecule has 10 heteroatoms. The molecule has 0 amide bonds. The van der Waals surface area contributed by atoms with E-state index in [1.807, 2.05) is 41.8 Å². The maximum atomic E-state index is 12.1. The number of rotatable bonds is 7. The fraction of sp³-hybridized carbons (Fsp3) is 0.200. The number of fused-ring (bicyclic) bond motifs is 4. The third-order valence-electron chi connectivity index (χ3n) is 7.02. The van der Waals surface area contributed by atoms with Crippen LogP contribution in [0.3, 0.4) is 0 Å². The van der Waals surface area contributed by atoms with Gasteiger partial charge in [-0.3, -0.25) is 14.5 Å². The van der Waals surface area contributed by atoms with Crippen molar-refractivity contribution in [1.29, 1.82) is 0 Å². The zero-order chi connectivity index (χ0) is 28.0. The van der Waals surface area contributed by atoms with Crippen LogP contribution in [0.4, 0.5) is 5.69 Å². The van der Waals surface area contributed by atoms with Gasteiger partial charge in [0.2, 0.25) is 0 Å². The lowest BCUT2D eigenvalue weighted by Crippen LogP contribution is -2.02. The Morgan fingerprint density at radius 2 is 1.68 bits per heavy atom. The summed E-state index contributed by atoms with van der Waals surface area (Å²) < 4.78 is 9.08. The SMILES string of the molecule is CCCCn1c(-c2ccc3c(c2)nc(-c2ccc([N+](=O)[O-])cc2)c2nc(C)cn23)nc2cc(C(=O)OC)ccc21. The number of benzene rings is 3. The van der Waals surface area contributed by atoms with Crippen molar-refractivity contribution in [1.82, 2.24) is 23.9 Å². The molecule has 3 aromatic carbocycles. The van der Waals surface area contributed by atoms with E-state index >= 15 is 0 Å². The molecule has 0 aliphatic carbocycles. The number of methoxy groups -OCH3 is 1. The van der Waals surface area contributed by atoms with Crippen molar-refractivity contribution < 1.29 is 14.5 Å². The van der Waals surface area contributed by atoms with Gasteiger partial charge in [-0.2, -0.15) is 0 Å². The van der Waals surface area contributed by atoms with E-state index in [-0.39, 0.29) is 5.69 Å². The Bertz CT molecular complexity index is 1940. The van der Waals surface area contributed by atoms with Crippen LogP contribution in [0.15, 0.2) is 66.9 Å². The molecule has 0 atom stereocenters. The maximum Gasteiger partial charge on any atom is 0.337 e. The van der Waals surface area contributed by atoms with Crippen LogP contribution in [0, 0.1) is 17.0 Å². The molecular weight excluding hydrogens is 508 g/mol. The Hall–Kier alpha value is -5.12. The van der Waals surface area contributed by atoms with Gasteiger partial charge in [0.15, 0.2) is 5.65 Å². The van der Waals surface area contributed by atoms with E-state index in [4.69, 9.17) is 19.7 Å². The Morgan fingerprint density at radius 1 is 0.950 bits per heavy atom. The highest BCUT2D eigenvalue weighted by Crippen LogP contribution is 2.32. The summed E-state index contributed by atoms with van der Waals surface area (Å²) in [5.41, 5.74) is 7.52. The van der Waals surface area contributed by atoms with Crippen LogP contribution in [0.5, 0.6) is 0 Å². The lowest BCUT2D eigenvalue weighted by Gasteiger charge is -2.11. The standard InChI is InChI=1S/C30H26N6O4/c1-4-5-14-34-25-13-9-21(30(37)40-3)16-24(25)33-28(34)20-8-12-26-23(15-20)32-27(29-31-18(2)17-35(26)29)19-6-10-22(11-7-19)36(38)39/h6-13,15-17H,4-5,14H2,1-3H3. The van der Waals surface area contributed by atoms with Gasteiger partial charge in [0.25, 0.3) is 5.69 Å². The van der Waals surface area contributed by atoms with Crippen LogP contribution in [-0.4, -0.2) is 41.9 Å². The third kappa shape index (κ3) is 4.23. The van der Waals surface area contributed by atoms with Crippen molar-refractivity contribution in [3.63, 3.8) is 0 Å². The molecule has 0 saturated carbocycles. The number of esters is 1. The van der Waals surface area contributed by atoms with Crippen LogP contribution in [0.25, 0.3) is 50.4 Å². The van der Waals surface area contributed by atoms with Gasteiger partial charge in [0.1, 0.15) is 11.5 Å². The van der Waals surface area contributed by atoms with Crippen LogP contribution in [0.2, 0.25) is 0 Å². The zero-order valence-corrected chi connectivity index (χ0v) is 22.3. The number of hydrogen-bond donors (Lipinski definition) is 0. The number of carbonyl (C=O) groups excluding carboxylic acids is 1. The van der Waals surface area contributed by atoms with Crippen molar-refractivity contribution in [2.75, 3.05) is 7.11 Å². The number of nitro groups is 1. The Labute approximate surface area is 229 Å². The third-order valence-corrected chi connectivity index (χ3v) is 7.02. The van der Waals surface area contributed by atoms with Crippen molar-refractivity contribution in [3.05, 3.63) is 88.2 Å². The molecule has 0 aliphatic heterocycles. The van der Waals surface area contributed by atoms with Gasteiger partial charge < -0.3 is 9.30 Å². The van der Waals surface area contributed by atoms with E-state index in [1.165, 1.54) is 19.2 Å². The Balaban J connectivity index is 1.55. The first-order valence-electron chi connectivity index (χ1n) is 13.0. The molecule has 200 valence electrons. The van der Waals surface area contributed by atoms with Gasteiger partial charge in [-0.05, 0) is 61.9 Å². The van der Waals surface area contributed by atoms with E-state index in [9.17, 15) is 14.9 Å². The predicted octanol–water partition coefficient (Wildman–Crippen LogP) is 6.37. The van der Waals surface area contributed by atoms with Gasteiger partial charge >= 0.3 is 5.97 Å². The number of ether oxygens (including phenoxy) is 1. The highest BCUT2D eigenvalue weighted by molar-refractivity contribution is 5.95. The Morgan fingerprint density at radius 3 is 2.40 bits per heavy atom. The van der Waals surface area contributed by atoms with E-state index in [2.05, 4.69) is 11.5 Å². The summed E-state index contributed by atoms with van der Waals surface area (Å²) in [5.74, 6) is 0.382. The van der Waals surface area contributed by atoms with Gasteiger partial charge in [0, 0.05) is 36.0 Å². The normalized spacial score (nSPS) is 11.5. The number of nitro benzene ring substituents is 1. The fourth-order valence-corrected chi connectivity index (χ4v) is 5.05. The first-order valence-corrected chi connectivity index (χ1v) is 13.0. The summed E-state index contributed by atoms with van der Waals surface area (Å²) in [6, 6.07) is 17.8. The van der Waals surface area contributed by atoms with Crippen molar-refractivity contribution in [2.45, 2.75) is 33.2 Å². The first-order chi connectivity index (χ1) is 19.4. The highest BCUT2D eigenvalue weighted by Gasteiger charge is 2.18. The van der Waals surface area contributed by atoms with Gasteiger partial charge in [-0.1, -0.05) is 13.3 Å². The molecule has 40 heavy (non-hydrogen) atoms. The minimum Gasteiger partial charge on any atom is -0.465 e. The topological polar surface area (TPSA) is 117 Å². The molecule has 0 bridgehead atoms. The fourth-order valence-electron chi connectivity index (χ4n) is 5.05. The number of unbranched alkanes of at least 4 members (excludes halogenated alkanes) is 1. The highest BCUT2D eigenvalue weighted by atomic mass is 16.6. The van der Waals surface area contributed by atoms with Crippen molar-refractivity contribution in [2.24, 2.45) is 0 Å². The zero-order valence-electron chi connectivity index (χ0n) is 22.3. The molecule has 6 rings (SSSR count). The largest absolute Gasteiger partial charge is 0.465 e. The molecule has 0 aliphatic rings. The minimum atomic E-state index is -0.419. The molecule has 0 spiro atoms. The quantitative estimate of drug-likeness (QED) is 0.133. The lowest BCUT2D eigenvalue weighted by atomic mass is 10.1. The molecule has 3 aromatic heterocycles.